The van der Waals surface area contributed by atoms with Crippen LogP contribution in [0.2, 0.25) is 0 Å². The molecule has 0 aliphatic heterocycles. The van der Waals surface area contributed by atoms with Crippen LogP contribution >= 0.6 is 0 Å². The first-order chi connectivity index (χ1) is 18.9. The average molecular weight is 534 g/mol. The molecule has 2 N–H and O–H groups in total. The number of nitrogens with zero attached hydrogens (tertiary/aromatic N) is 5. The molecule has 6 rings (SSSR count). The predicted octanol–water partition coefficient (Wildman–Crippen LogP) is 5.89. The summed E-state index contributed by atoms with van der Waals surface area (Å²) in [6, 6.07) is 6.85. The Morgan fingerprint density at radius 3 is 2.46 bits per heavy atom. The van der Waals surface area contributed by atoms with Crippen molar-refractivity contribution in [3.05, 3.63) is 52.0 Å². The summed E-state index contributed by atoms with van der Waals surface area (Å²) in [5.74, 6) is 2.85. The molecule has 1 unspecified atom stereocenters. The molecule has 2 atom stereocenters. The largest absolute Gasteiger partial charge is 0.439 e. The van der Waals surface area contributed by atoms with Gasteiger partial charge in [-0.2, -0.15) is 0 Å². The minimum absolute atomic E-state index is 0.0884. The maximum Gasteiger partial charge on any atom is 0.439 e. The molecule has 2 fully saturated rings. The third-order valence-electron chi connectivity index (χ3n) is 8.84. The molecule has 0 amide bonds. The van der Waals surface area contributed by atoms with E-state index in [9.17, 15) is 9.18 Å². The Labute approximate surface area is 226 Å². The highest BCUT2D eigenvalue weighted by molar-refractivity contribution is 5.86. The van der Waals surface area contributed by atoms with Gasteiger partial charge in [0.1, 0.15) is 17.2 Å². The summed E-state index contributed by atoms with van der Waals surface area (Å²) in [6.45, 7) is 7.44. The van der Waals surface area contributed by atoms with E-state index in [4.69, 9.17) is 19.5 Å². The normalized spacial score (nSPS) is 21.5. The average Bonchev–Trinajstić information content (AvgIpc) is 3.48. The van der Waals surface area contributed by atoms with Crippen molar-refractivity contribution < 1.29 is 8.91 Å². The van der Waals surface area contributed by atoms with Crippen molar-refractivity contribution >= 4 is 17.0 Å². The highest BCUT2D eigenvalue weighted by Crippen LogP contribution is 2.37. The number of benzene rings is 1. The molecular formula is C29H36FN7O2. The third-order valence-corrected chi connectivity index (χ3v) is 8.84. The fraction of sp³-hybridized carbons (Fsp3) is 0.552. The van der Waals surface area contributed by atoms with Gasteiger partial charge in [-0.25, -0.2) is 24.1 Å². The van der Waals surface area contributed by atoms with Crippen LogP contribution in [0.15, 0.2) is 33.6 Å². The smallest absolute Gasteiger partial charge is 0.365 e. The van der Waals surface area contributed by atoms with E-state index in [1.807, 2.05) is 12.1 Å². The summed E-state index contributed by atoms with van der Waals surface area (Å²) in [7, 11) is 0. The lowest BCUT2D eigenvalue weighted by molar-refractivity contribution is 0.264. The quantitative estimate of drug-likeness (QED) is 0.290. The van der Waals surface area contributed by atoms with Crippen LogP contribution in [0, 0.1) is 23.6 Å². The molecule has 9 nitrogen and oxygen atoms in total. The number of halogens is 1. The first-order valence-corrected chi connectivity index (χ1v) is 14.2. The van der Waals surface area contributed by atoms with Crippen LogP contribution in [0.25, 0.3) is 22.8 Å². The van der Waals surface area contributed by atoms with Gasteiger partial charge in [0.05, 0.1) is 0 Å². The van der Waals surface area contributed by atoms with Crippen molar-refractivity contribution in [2.24, 2.45) is 17.8 Å². The molecule has 1 aromatic carbocycles. The Morgan fingerprint density at radius 2 is 1.82 bits per heavy atom. The number of aromatic nitrogens is 6. The van der Waals surface area contributed by atoms with Gasteiger partial charge in [0.15, 0.2) is 11.5 Å². The Balaban J connectivity index is 1.50. The molecule has 2 saturated carbocycles. The number of hydrogen-bond acceptors (Lipinski definition) is 7. The molecule has 4 aromatic rings. The number of hydrogen-bond donors (Lipinski definition) is 2. The molecule has 10 heteroatoms. The van der Waals surface area contributed by atoms with Gasteiger partial charge in [-0.3, -0.25) is 9.51 Å². The lowest BCUT2D eigenvalue weighted by Crippen LogP contribution is -2.31. The summed E-state index contributed by atoms with van der Waals surface area (Å²) in [4.78, 5) is 28.9. The first-order valence-electron chi connectivity index (χ1n) is 14.2. The van der Waals surface area contributed by atoms with Crippen LogP contribution in [0.1, 0.15) is 83.0 Å². The number of nitrogens with one attached hydrogen (secondary N) is 2. The molecule has 3 aromatic heterocycles. The van der Waals surface area contributed by atoms with Crippen LogP contribution in [0.3, 0.4) is 0 Å². The van der Waals surface area contributed by atoms with Crippen molar-refractivity contribution in [2.75, 3.05) is 5.32 Å². The number of imidazole rings is 1. The summed E-state index contributed by atoms with van der Waals surface area (Å²) in [5.41, 5.74) is 2.38. The SMILES string of the molecule is CC1CCC(Cn2c(C(C)c3ccc(F)cc3)nc3nc(-c4noc(=O)[nH]4)nc(N[C@H](C)C4CCC4)c32)CC1. The minimum atomic E-state index is -0.659. The fourth-order valence-electron chi connectivity index (χ4n) is 6.04. The second-order valence-electron chi connectivity index (χ2n) is 11.6. The van der Waals surface area contributed by atoms with E-state index in [0.717, 1.165) is 29.4 Å². The molecule has 0 bridgehead atoms. The lowest BCUT2D eigenvalue weighted by Gasteiger charge is -2.32. The van der Waals surface area contributed by atoms with Crippen LogP contribution in [-0.4, -0.2) is 35.7 Å². The van der Waals surface area contributed by atoms with Crippen molar-refractivity contribution in [3.8, 4) is 11.6 Å². The van der Waals surface area contributed by atoms with Gasteiger partial charge in [-0.05, 0) is 68.1 Å². The van der Waals surface area contributed by atoms with Crippen LogP contribution in [-0.2, 0) is 6.54 Å². The molecule has 39 heavy (non-hydrogen) atoms. The highest BCUT2D eigenvalue weighted by Gasteiger charge is 2.29. The van der Waals surface area contributed by atoms with E-state index in [-0.39, 0.29) is 29.4 Å². The van der Waals surface area contributed by atoms with E-state index in [2.05, 4.69) is 40.8 Å². The van der Waals surface area contributed by atoms with Gasteiger partial charge >= 0.3 is 5.76 Å². The second kappa shape index (κ2) is 10.5. The summed E-state index contributed by atoms with van der Waals surface area (Å²) in [5, 5.41) is 7.51. The standard InChI is InChI=1S/C29H36FN7O2/c1-16-7-9-19(10-8-16)15-37-23-24(31-18(3)21-5-4-6-21)32-26(27-35-29(38)39-36-27)33-25(23)34-28(37)17(2)20-11-13-22(30)14-12-20/h11-14,16-19,21H,4-10,15H2,1-3H3,(H,31,32,33)(H,35,36,38)/t16?,17?,18-,19?/m1/s1. The van der Waals surface area contributed by atoms with Crippen LogP contribution < -0.4 is 11.1 Å². The molecule has 0 saturated heterocycles. The zero-order chi connectivity index (χ0) is 27.1. The molecular weight excluding hydrogens is 497 g/mol. The third kappa shape index (κ3) is 5.21. The predicted molar refractivity (Wildman–Crippen MR) is 147 cm³/mol. The van der Waals surface area contributed by atoms with Crippen molar-refractivity contribution in [1.82, 2.24) is 29.7 Å². The minimum Gasteiger partial charge on any atom is -0.365 e. The van der Waals surface area contributed by atoms with Crippen LogP contribution in [0.5, 0.6) is 0 Å². The van der Waals surface area contributed by atoms with E-state index >= 15 is 0 Å². The zero-order valence-electron chi connectivity index (χ0n) is 22.8. The first kappa shape index (κ1) is 25.7. The maximum absolute atomic E-state index is 13.7. The van der Waals surface area contributed by atoms with Gasteiger partial charge < -0.3 is 9.88 Å². The Morgan fingerprint density at radius 1 is 1.08 bits per heavy atom. The molecule has 206 valence electrons. The van der Waals surface area contributed by atoms with E-state index in [1.54, 1.807) is 0 Å². The number of H-pyrrole nitrogens is 1. The zero-order valence-corrected chi connectivity index (χ0v) is 22.8. The van der Waals surface area contributed by atoms with E-state index < -0.39 is 5.76 Å². The topological polar surface area (TPSA) is 115 Å². The van der Waals surface area contributed by atoms with Gasteiger partial charge in [0.25, 0.3) is 0 Å². The van der Waals surface area contributed by atoms with Crippen LogP contribution in [0.4, 0.5) is 10.2 Å². The van der Waals surface area contributed by atoms with E-state index in [0.29, 0.717) is 23.3 Å². The monoisotopic (exact) mass is 533 g/mol. The molecule has 0 radical (unpaired) electrons. The fourth-order valence-corrected chi connectivity index (χ4v) is 6.04. The molecule has 0 spiro atoms. The maximum atomic E-state index is 13.7. The van der Waals surface area contributed by atoms with Gasteiger partial charge in [0, 0.05) is 18.5 Å². The number of anilines is 1. The van der Waals surface area contributed by atoms with Gasteiger partial charge in [-0.15, -0.1) is 0 Å². The highest BCUT2D eigenvalue weighted by atomic mass is 19.1. The Kier molecular flexibility index (Phi) is 6.95. The molecule has 3 heterocycles. The number of rotatable bonds is 8. The van der Waals surface area contributed by atoms with Gasteiger partial charge in [-0.1, -0.05) is 50.4 Å². The molecule has 2 aliphatic rings. The van der Waals surface area contributed by atoms with Crippen molar-refractivity contribution in [2.45, 2.75) is 84.2 Å². The van der Waals surface area contributed by atoms with Crippen molar-refractivity contribution in [1.29, 1.82) is 0 Å². The van der Waals surface area contributed by atoms with Crippen molar-refractivity contribution in [3.63, 3.8) is 0 Å². The van der Waals surface area contributed by atoms with Gasteiger partial charge in [0.2, 0.25) is 11.6 Å². The number of aromatic amines is 1. The molecule has 2 aliphatic carbocycles. The van der Waals surface area contributed by atoms with E-state index in [1.165, 1.54) is 57.1 Å². The Hall–Kier alpha value is -3.56. The number of fused-ring (bicyclic) bond motifs is 1. The second-order valence-corrected chi connectivity index (χ2v) is 11.6. The Bertz CT molecular complexity index is 1500. The lowest BCUT2D eigenvalue weighted by atomic mass is 9.80. The summed E-state index contributed by atoms with van der Waals surface area (Å²) in [6.07, 6.45) is 8.43. The summed E-state index contributed by atoms with van der Waals surface area (Å²) >= 11 is 0. The summed E-state index contributed by atoms with van der Waals surface area (Å²) < 4.78 is 20.8.